The largest absolute Gasteiger partial charge is 0.497 e. The van der Waals surface area contributed by atoms with Gasteiger partial charge in [0.2, 0.25) is 5.95 Å². The number of halogens is 3. The Hall–Kier alpha value is -4.19. The van der Waals surface area contributed by atoms with E-state index in [-0.39, 0.29) is 23.9 Å². The molecule has 1 unspecified atom stereocenters. The number of benzene rings is 1. The number of carbonyl (C=O) groups is 1. The van der Waals surface area contributed by atoms with Gasteiger partial charge < -0.3 is 14.8 Å². The number of hydrogen-bond donors (Lipinski definition) is 2. The number of nitrogens with one attached hydrogen (secondary N) is 2. The minimum Gasteiger partial charge on any atom is -0.497 e. The van der Waals surface area contributed by atoms with Crippen molar-refractivity contribution in [2.45, 2.75) is 33.0 Å². The molecule has 1 aliphatic heterocycles. The molecule has 4 rings (SSSR count). The molecule has 3 heterocycles. The third kappa shape index (κ3) is 5.80. The monoisotopic (exact) mass is 514 g/mol. The molecule has 37 heavy (non-hydrogen) atoms. The molecular formula is C25H25F3N6O3. The summed E-state index contributed by atoms with van der Waals surface area (Å²) in [6.45, 7) is 5.30. The van der Waals surface area contributed by atoms with Crippen molar-refractivity contribution in [2.24, 2.45) is 0 Å². The summed E-state index contributed by atoms with van der Waals surface area (Å²) >= 11 is 0. The second kappa shape index (κ2) is 10.4. The van der Waals surface area contributed by atoms with E-state index < -0.39 is 18.2 Å². The molecule has 1 aliphatic rings. The third-order valence-electron chi connectivity index (χ3n) is 5.46. The lowest BCUT2D eigenvalue weighted by molar-refractivity contribution is -0.142. The lowest BCUT2D eigenvalue weighted by Crippen LogP contribution is -2.45. The van der Waals surface area contributed by atoms with Crippen LogP contribution in [0.4, 0.5) is 30.6 Å². The number of ether oxygens (including phenoxy) is 2. The van der Waals surface area contributed by atoms with Crippen LogP contribution in [0.15, 0.2) is 54.6 Å². The Labute approximate surface area is 211 Å². The van der Waals surface area contributed by atoms with Crippen LogP contribution in [0.1, 0.15) is 29.8 Å². The lowest BCUT2D eigenvalue weighted by atomic mass is 10.1. The first kappa shape index (κ1) is 25.9. The molecule has 3 aromatic rings. The van der Waals surface area contributed by atoms with Gasteiger partial charge in [0.15, 0.2) is 5.82 Å². The van der Waals surface area contributed by atoms with Crippen molar-refractivity contribution in [3.63, 3.8) is 0 Å². The molecule has 0 saturated carbocycles. The average molecular weight is 515 g/mol. The number of rotatable bonds is 7. The zero-order chi connectivity index (χ0) is 26.7. The van der Waals surface area contributed by atoms with Crippen molar-refractivity contribution in [3.05, 3.63) is 65.8 Å². The van der Waals surface area contributed by atoms with E-state index in [4.69, 9.17) is 9.47 Å². The fourth-order valence-electron chi connectivity index (χ4n) is 3.78. The Morgan fingerprint density at radius 3 is 2.62 bits per heavy atom. The smallest absolute Gasteiger partial charge is 0.409 e. The molecule has 0 aliphatic carbocycles. The molecule has 9 nitrogen and oxygen atoms in total. The first-order chi connectivity index (χ1) is 17.6. The van der Waals surface area contributed by atoms with Crippen LogP contribution in [0.2, 0.25) is 0 Å². The Morgan fingerprint density at radius 1 is 1.16 bits per heavy atom. The molecule has 194 valence electrons. The first-order valence-corrected chi connectivity index (χ1v) is 11.3. The number of nitrogens with zero attached hydrogens (tertiary/aromatic N) is 4. The maximum atomic E-state index is 13.5. The number of aryl methyl sites for hydroxylation is 1. The fourth-order valence-corrected chi connectivity index (χ4v) is 3.78. The summed E-state index contributed by atoms with van der Waals surface area (Å²) < 4.78 is 50.8. The van der Waals surface area contributed by atoms with Gasteiger partial charge in [-0.05, 0) is 50.6 Å². The van der Waals surface area contributed by atoms with E-state index in [1.807, 2.05) is 19.1 Å². The molecule has 2 N–H and O–H groups in total. The molecule has 0 saturated heterocycles. The van der Waals surface area contributed by atoms with Crippen molar-refractivity contribution < 1.29 is 27.4 Å². The lowest BCUT2D eigenvalue weighted by Gasteiger charge is -2.25. The summed E-state index contributed by atoms with van der Waals surface area (Å²) in [7, 11) is 1.55. The van der Waals surface area contributed by atoms with E-state index in [1.54, 1.807) is 20.1 Å². The first-order valence-electron chi connectivity index (χ1n) is 11.3. The highest BCUT2D eigenvalue weighted by Gasteiger charge is 2.43. The number of hydrazine groups is 1. The summed E-state index contributed by atoms with van der Waals surface area (Å²) in [4.78, 5) is 25.3. The minimum atomic E-state index is -4.51. The number of anilines is 3. The van der Waals surface area contributed by atoms with Gasteiger partial charge in [0, 0.05) is 47.2 Å². The van der Waals surface area contributed by atoms with E-state index in [9.17, 15) is 18.0 Å². The molecule has 12 heteroatoms. The van der Waals surface area contributed by atoms with Crippen molar-refractivity contribution >= 4 is 23.4 Å². The van der Waals surface area contributed by atoms with Gasteiger partial charge in [0.05, 0.1) is 19.3 Å². The number of hydrogen-bond acceptors (Lipinski definition) is 9. The summed E-state index contributed by atoms with van der Waals surface area (Å²) in [6.07, 6.45) is 0.840. The quantitative estimate of drug-likeness (QED) is 0.425. The van der Waals surface area contributed by atoms with Crippen LogP contribution < -0.4 is 20.5 Å². The van der Waals surface area contributed by atoms with E-state index in [0.717, 1.165) is 11.6 Å². The van der Waals surface area contributed by atoms with Crippen LogP contribution in [0, 0.1) is 6.92 Å². The molecule has 1 aromatic carbocycles. The van der Waals surface area contributed by atoms with E-state index in [2.05, 4.69) is 25.7 Å². The maximum absolute atomic E-state index is 13.5. The number of esters is 1. The Bertz CT molecular complexity index is 1350. The third-order valence-corrected chi connectivity index (χ3v) is 5.46. The number of aromatic nitrogens is 3. The van der Waals surface area contributed by atoms with Crippen LogP contribution in [0.3, 0.4) is 0 Å². The highest BCUT2D eigenvalue weighted by atomic mass is 19.4. The maximum Gasteiger partial charge on any atom is 0.409 e. The Balaban J connectivity index is 1.78. The van der Waals surface area contributed by atoms with Crippen LogP contribution >= 0.6 is 0 Å². The van der Waals surface area contributed by atoms with Crippen molar-refractivity contribution in [1.29, 1.82) is 0 Å². The fraction of sp³-hybridized carbons (Fsp3) is 0.280. The summed E-state index contributed by atoms with van der Waals surface area (Å²) in [5.41, 5.74) is 5.27. The average Bonchev–Trinajstić information content (AvgIpc) is 3.26. The predicted molar refractivity (Wildman–Crippen MR) is 131 cm³/mol. The van der Waals surface area contributed by atoms with Gasteiger partial charge in [-0.25, -0.2) is 15.2 Å². The summed E-state index contributed by atoms with van der Waals surface area (Å²) in [6, 6.07) is 5.09. The molecule has 0 radical (unpaired) electrons. The van der Waals surface area contributed by atoms with Crippen molar-refractivity contribution in [1.82, 2.24) is 20.4 Å². The van der Waals surface area contributed by atoms with Crippen LogP contribution in [-0.4, -0.2) is 46.9 Å². The molecule has 2 aromatic heterocycles. The minimum absolute atomic E-state index is 0.139. The molecule has 0 fully saturated rings. The van der Waals surface area contributed by atoms with Crippen LogP contribution in [0.25, 0.3) is 11.1 Å². The topological polar surface area (TPSA) is 102 Å². The molecule has 0 amide bonds. The number of alkyl halides is 3. The normalized spacial score (nSPS) is 15.4. The van der Waals surface area contributed by atoms with Gasteiger partial charge in [-0.3, -0.25) is 9.99 Å². The predicted octanol–water partition coefficient (Wildman–Crippen LogP) is 4.94. The molecule has 0 spiro atoms. The van der Waals surface area contributed by atoms with Crippen LogP contribution in [-0.2, 0) is 4.74 Å². The van der Waals surface area contributed by atoms with Gasteiger partial charge in [-0.1, -0.05) is 0 Å². The van der Waals surface area contributed by atoms with E-state index >= 15 is 0 Å². The van der Waals surface area contributed by atoms with Gasteiger partial charge in [0.25, 0.3) is 0 Å². The summed E-state index contributed by atoms with van der Waals surface area (Å²) in [5.74, 6) is 0.333. The second-order valence-corrected chi connectivity index (χ2v) is 8.27. The second-order valence-electron chi connectivity index (χ2n) is 8.27. The van der Waals surface area contributed by atoms with E-state index in [0.29, 0.717) is 28.3 Å². The Morgan fingerprint density at radius 2 is 1.95 bits per heavy atom. The van der Waals surface area contributed by atoms with Crippen molar-refractivity contribution in [2.75, 3.05) is 24.0 Å². The highest BCUT2D eigenvalue weighted by molar-refractivity contribution is 5.91. The Kier molecular flexibility index (Phi) is 7.30. The SMILES string of the molecule is CCOC(=O)c1cncc(-c2cnc(Nc3cc(C)cc(OC)c3)nc2N2NC(C(F)(F)F)C=C2C)c1. The van der Waals surface area contributed by atoms with Gasteiger partial charge in [0.1, 0.15) is 11.8 Å². The van der Waals surface area contributed by atoms with Crippen LogP contribution in [0.5, 0.6) is 5.75 Å². The van der Waals surface area contributed by atoms with Gasteiger partial charge in [-0.2, -0.15) is 18.2 Å². The number of pyridine rings is 1. The van der Waals surface area contributed by atoms with Gasteiger partial charge >= 0.3 is 12.1 Å². The standard InChI is InChI=1S/C25H25F3N6O3/c1-5-37-23(35)17-9-16(11-29-12-17)20-13-30-24(31-18-6-14(2)7-19(10-18)36-4)32-22(20)34-15(3)8-21(33-34)25(26,27)28/h6-13,21,33H,5H2,1-4H3,(H,30,31,32). The van der Waals surface area contributed by atoms with E-state index in [1.165, 1.54) is 36.6 Å². The summed E-state index contributed by atoms with van der Waals surface area (Å²) in [5, 5.41) is 4.32. The zero-order valence-electron chi connectivity index (χ0n) is 20.6. The van der Waals surface area contributed by atoms with Gasteiger partial charge in [-0.15, -0.1) is 0 Å². The zero-order valence-corrected chi connectivity index (χ0v) is 20.6. The molecule has 0 bridgehead atoms. The number of methoxy groups -OCH3 is 1. The molecular weight excluding hydrogens is 489 g/mol. The van der Waals surface area contributed by atoms with Crippen molar-refractivity contribution in [3.8, 4) is 16.9 Å². The highest BCUT2D eigenvalue weighted by Crippen LogP contribution is 2.35. The number of carbonyl (C=O) groups excluding carboxylic acids is 1. The number of allylic oxidation sites excluding steroid dienone is 1. The molecule has 1 atom stereocenters.